The lowest BCUT2D eigenvalue weighted by molar-refractivity contribution is -0.384. The Morgan fingerprint density at radius 2 is 1.29 bits per heavy atom. The zero-order valence-corrected chi connectivity index (χ0v) is 18.6. The summed E-state index contributed by atoms with van der Waals surface area (Å²) in [6, 6.07) is 16.0. The maximum Gasteiger partial charge on any atom is 0.294 e. The van der Waals surface area contributed by atoms with Crippen LogP contribution in [0.15, 0.2) is 74.1 Å². The second kappa shape index (κ2) is 8.38. The zero-order chi connectivity index (χ0) is 20.4. The second-order valence-corrected chi connectivity index (χ2v) is 8.28. The molecule has 0 aromatic heterocycles. The maximum atomic E-state index is 11.7. The van der Waals surface area contributed by atoms with Crippen molar-refractivity contribution in [3.63, 3.8) is 0 Å². The highest BCUT2D eigenvalue weighted by atomic mass is 79.9. The molecule has 0 saturated heterocycles. The van der Waals surface area contributed by atoms with E-state index in [1.807, 2.05) is 12.1 Å². The van der Waals surface area contributed by atoms with Crippen molar-refractivity contribution < 1.29 is 9.85 Å². The Morgan fingerprint density at radius 3 is 1.82 bits per heavy atom. The molecule has 0 bridgehead atoms. The van der Waals surface area contributed by atoms with Crippen LogP contribution in [-0.4, -0.2) is 9.85 Å². The first-order valence-corrected chi connectivity index (χ1v) is 10.1. The molecule has 0 atom stereocenters. The predicted molar refractivity (Wildman–Crippen MR) is 118 cm³/mol. The van der Waals surface area contributed by atoms with Gasteiger partial charge in [0.15, 0.2) is 0 Å². The van der Waals surface area contributed by atoms with Crippen molar-refractivity contribution in [2.45, 2.75) is 0 Å². The predicted octanol–water partition coefficient (Wildman–Crippen LogP) is 7.26. The first-order valence-electron chi connectivity index (χ1n) is 7.71. The quantitative estimate of drug-likeness (QED) is 0.237. The van der Waals surface area contributed by atoms with Crippen LogP contribution >= 0.6 is 47.8 Å². The van der Waals surface area contributed by atoms with Crippen LogP contribution in [0, 0.1) is 20.2 Å². The molecule has 0 amide bonds. The molecule has 0 fully saturated rings. The Balaban J connectivity index is 2.26. The average Bonchev–Trinajstić information content (AvgIpc) is 2.65. The summed E-state index contributed by atoms with van der Waals surface area (Å²) in [7, 11) is 0. The van der Waals surface area contributed by atoms with Crippen molar-refractivity contribution in [3.05, 3.63) is 94.3 Å². The maximum absolute atomic E-state index is 11.7. The summed E-state index contributed by atoms with van der Waals surface area (Å²) in [5, 5.41) is 22.7. The van der Waals surface area contributed by atoms with E-state index in [4.69, 9.17) is 0 Å². The second-order valence-electron chi connectivity index (χ2n) is 5.59. The monoisotopic (exact) mass is 569 g/mol. The molecule has 3 aromatic carbocycles. The summed E-state index contributed by atoms with van der Waals surface area (Å²) < 4.78 is 2.09. The molecule has 0 N–H and O–H groups in total. The number of halogens is 3. The molecule has 0 aliphatic carbocycles. The number of benzene rings is 3. The molecule has 0 unspecified atom stereocenters. The van der Waals surface area contributed by atoms with Crippen molar-refractivity contribution >= 4 is 76.2 Å². The molecule has 0 aliphatic rings. The third-order valence-corrected chi connectivity index (χ3v) is 5.47. The lowest BCUT2D eigenvalue weighted by Gasteiger charge is -2.26. The van der Waals surface area contributed by atoms with Gasteiger partial charge in [0.1, 0.15) is 5.69 Å². The van der Waals surface area contributed by atoms with Crippen LogP contribution in [-0.2, 0) is 0 Å². The zero-order valence-electron chi connectivity index (χ0n) is 13.9. The SMILES string of the molecule is O=[N+]([O-])c1ccc(N(c2ccc(Br)cc2Br)c2ccc(Br)cc2[N+](=O)[O-])cc1. The first kappa shape index (κ1) is 20.4. The van der Waals surface area contributed by atoms with Gasteiger partial charge in [-0.3, -0.25) is 20.2 Å². The average molecular weight is 572 g/mol. The van der Waals surface area contributed by atoms with E-state index in [1.54, 1.807) is 35.2 Å². The van der Waals surface area contributed by atoms with Crippen LogP contribution in [0.2, 0.25) is 0 Å². The first-order chi connectivity index (χ1) is 13.3. The Bertz CT molecular complexity index is 1070. The number of anilines is 3. The fourth-order valence-corrected chi connectivity index (χ4v) is 4.20. The van der Waals surface area contributed by atoms with Crippen molar-refractivity contribution in [2.75, 3.05) is 4.90 Å². The van der Waals surface area contributed by atoms with Crippen molar-refractivity contribution in [3.8, 4) is 0 Å². The Kier molecular flexibility index (Phi) is 6.11. The molecule has 142 valence electrons. The number of rotatable bonds is 5. The van der Waals surface area contributed by atoms with Crippen molar-refractivity contribution in [1.82, 2.24) is 0 Å². The number of non-ortho nitro benzene ring substituents is 1. The van der Waals surface area contributed by atoms with E-state index in [0.717, 1.165) is 4.47 Å². The topological polar surface area (TPSA) is 89.5 Å². The minimum absolute atomic E-state index is 0.0659. The third kappa shape index (κ3) is 4.23. The van der Waals surface area contributed by atoms with Gasteiger partial charge in [-0.2, -0.15) is 0 Å². The Labute approximate surface area is 184 Å². The summed E-state index contributed by atoms with van der Waals surface area (Å²) in [5.74, 6) is 0. The third-order valence-electron chi connectivity index (χ3n) is 3.84. The normalized spacial score (nSPS) is 10.5. The highest BCUT2D eigenvalue weighted by Crippen LogP contribution is 2.44. The Morgan fingerprint density at radius 1 is 0.714 bits per heavy atom. The fraction of sp³-hybridized carbons (Fsp3) is 0. The standard InChI is InChI=1S/C18H10Br3N3O4/c19-11-1-7-16(15(21)9-11)22(13-3-5-14(6-4-13)23(25)26)17-8-2-12(20)10-18(17)24(27)28/h1-10H. The van der Waals surface area contributed by atoms with Crippen LogP contribution in [0.25, 0.3) is 0 Å². The molecule has 7 nitrogen and oxygen atoms in total. The minimum atomic E-state index is -0.494. The number of hydrogen-bond donors (Lipinski definition) is 0. The van der Waals surface area contributed by atoms with Crippen LogP contribution < -0.4 is 4.90 Å². The number of nitro benzene ring substituents is 2. The summed E-state index contributed by atoms with van der Waals surface area (Å²) >= 11 is 10.2. The largest absolute Gasteiger partial charge is 0.303 e. The highest BCUT2D eigenvalue weighted by Gasteiger charge is 2.24. The van der Waals surface area contributed by atoms with Crippen molar-refractivity contribution in [2.24, 2.45) is 0 Å². The van der Waals surface area contributed by atoms with E-state index in [2.05, 4.69) is 47.8 Å². The Hall–Kier alpha value is -2.30. The van der Waals surface area contributed by atoms with E-state index in [9.17, 15) is 20.2 Å². The van der Waals surface area contributed by atoms with E-state index < -0.39 is 9.85 Å². The fourth-order valence-electron chi connectivity index (χ4n) is 2.63. The molecule has 0 radical (unpaired) electrons. The van der Waals surface area contributed by atoms with E-state index in [-0.39, 0.29) is 11.4 Å². The molecular weight excluding hydrogens is 562 g/mol. The highest BCUT2D eigenvalue weighted by molar-refractivity contribution is 9.11. The molecule has 0 saturated carbocycles. The molecular formula is C18H10Br3N3O4. The van der Waals surface area contributed by atoms with Crippen LogP contribution in [0.3, 0.4) is 0 Å². The molecule has 0 heterocycles. The van der Waals surface area contributed by atoms with E-state index in [1.165, 1.54) is 18.2 Å². The van der Waals surface area contributed by atoms with Gasteiger partial charge in [0.25, 0.3) is 11.4 Å². The molecule has 3 aromatic rings. The van der Waals surface area contributed by atoms with Gasteiger partial charge in [-0.25, -0.2) is 0 Å². The summed E-state index contributed by atoms with van der Waals surface area (Å²) in [6.45, 7) is 0. The van der Waals surface area contributed by atoms with Crippen LogP contribution in [0.4, 0.5) is 28.4 Å². The van der Waals surface area contributed by atoms with Gasteiger partial charge in [-0.15, -0.1) is 0 Å². The van der Waals surface area contributed by atoms with Gasteiger partial charge >= 0.3 is 0 Å². The minimum Gasteiger partial charge on any atom is -0.303 e. The molecule has 10 heteroatoms. The van der Waals surface area contributed by atoms with Crippen LogP contribution in [0.5, 0.6) is 0 Å². The van der Waals surface area contributed by atoms with E-state index in [0.29, 0.717) is 26.0 Å². The summed E-state index contributed by atoms with van der Waals surface area (Å²) in [6.07, 6.45) is 0. The number of hydrogen-bond acceptors (Lipinski definition) is 5. The lowest BCUT2D eigenvalue weighted by Crippen LogP contribution is -2.12. The summed E-state index contributed by atoms with van der Waals surface area (Å²) in [5.41, 5.74) is 1.33. The van der Waals surface area contributed by atoms with Gasteiger partial charge in [0, 0.05) is 37.3 Å². The van der Waals surface area contributed by atoms with Crippen LogP contribution in [0.1, 0.15) is 0 Å². The van der Waals surface area contributed by atoms with Crippen molar-refractivity contribution in [1.29, 1.82) is 0 Å². The molecule has 28 heavy (non-hydrogen) atoms. The van der Waals surface area contributed by atoms with Gasteiger partial charge in [-0.05, 0) is 58.4 Å². The lowest BCUT2D eigenvalue weighted by atomic mass is 10.1. The van der Waals surface area contributed by atoms with Gasteiger partial charge < -0.3 is 4.90 Å². The molecule has 0 spiro atoms. The van der Waals surface area contributed by atoms with E-state index >= 15 is 0 Å². The summed E-state index contributed by atoms with van der Waals surface area (Å²) in [4.78, 5) is 23.4. The smallest absolute Gasteiger partial charge is 0.294 e. The van der Waals surface area contributed by atoms with Gasteiger partial charge in [0.2, 0.25) is 0 Å². The number of nitrogens with zero attached hydrogens (tertiary/aromatic N) is 3. The molecule has 0 aliphatic heterocycles. The number of nitro groups is 2. The molecule has 3 rings (SSSR count). The van der Waals surface area contributed by atoms with Gasteiger partial charge in [0.05, 0.1) is 15.5 Å². The van der Waals surface area contributed by atoms with Gasteiger partial charge in [-0.1, -0.05) is 31.9 Å².